The van der Waals surface area contributed by atoms with E-state index in [0.717, 1.165) is 16.7 Å². The molecule has 0 saturated carbocycles. The number of rotatable bonds is 5. The third kappa shape index (κ3) is 4.03. The summed E-state index contributed by atoms with van der Waals surface area (Å²) in [6.45, 7) is 2.05. The van der Waals surface area contributed by atoms with E-state index in [1.165, 1.54) is 0 Å². The number of methoxy groups -OCH3 is 1. The summed E-state index contributed by atoms with van der Waals surface area (Å²) in [5.41, 5.74) is 3.84. The van der Waals surface area contributed by atoms with E-state index >= 15 is 0 Å². The molecule has 0 aliphatic rings. The lowest BCUT2D eigenvalue weighted by atomic mass is 9.95. The van der Waals surface area contributed by atoms with E-state index in [1.807, 2.05) is 85.8 Å². The molecular formula is C22H22N2O2. The van der Waals surface area contributed by atoms with E-state index in [9.17, 15) is 4.79 Å². The summed E-state index contributed by atoms with van der Waals surface area (Å²) in [6, 6.07) is 24.8. The molecule has 0 aromatic heterocycles. The Morgan fingerprint density at radius 3 is 2.27 bits per heavy atom. The van der Waals surface area contributed by atoms with Gasteiger partial charge >= 0.3 is 6.03 Å². The normalized spacial score (nSPS) is 11.5. The average molecular weight is 346 g/mol. The minimum Gasteiger partial charge on any atom is -0.495 e. The molecule has 3 aromatic rings. The fourth-order valence-corrected chi connectivity index (χ4v) is 2.93. The molecule has 4 nitrogen and oxygen atoms in total. The lowest BCUT2D eigenvalue weighted by molar-refractivity contribution is 0.250. The minimum atomic E-state index is -0.286. The molecule has 0 fully saturated rings. The van der Waals surface area contributed by atoms with Gasteiger partial charge in [0.1, 0.15) is 5.75 Å². The zero-order valence-corrected chi connectivity index (χ0v) is 14.9. The SMILES string of the molecule is COc1ccccc1NC(=O)N[C@@H](c1ccccc1)c1ccccc1C. The van der Waals surface area contributed by atoms with Crippen molar-refractivity contribution in [2.45, 2.75) is 13.0 Å². The van der Waals surface area contributed by atoms with Gasteiger partial charge < -0.3 is 15.4 Å². The highest BCUT2D eigenvalue weighted by Gasteiger charge is 2.19. The largest absolute Gasteiger partial charge is 0.495 e. The molecule has 2 amide bonds. The van der Waals surface area contributed by atoms with E-state index in [2.05, 4.69) is 10.6 Å². The van der Waals surface area contributed by atoms with Crippen LogP contribution in [0.2, 0.25) is 0 Å². The summed E-state index contributed by atoms with van der Waals surface area (Å²) in [6.07, 6.45) is 0. The van der Waals surface area contributed by atoms with Gasteiger partial charge in [-0.25, -0.2) is 4.79 Å². The van der Waals surface area contributed by atoms with Gasteiger partial charge in [-0.3, -0.25) is 0 Å². The molecule has 0 radical (unpaired) electrons. The molecule has 3 rings (SSSR count). The topological polar surface area (TPSA) is 50.4 Å². The molecule has 1 atom stereocenters. The van der Waals surface area contributed by atoms with Crippen LogP contribution < -0.4 is 15.4 Å². The number of ether oxygens (including phenoxy) is 1. The third-order valence-electron chi connectivity index (χ3n) is 4.26. The first-order valence-corrected chi connectivity index (χ1v) is 8.50. The van der Waals surface area contributed by atoms with E-state index in [0.29, 0.717) is 11.4 Å². The summed E-state index contributed by atoms with van der Waals surface area (Å²) in [4.78, 5) is 12.7. The first-order valence-electron chi connectivity index (χ1n) is 8.50. The number of aryl methyl sites for hydroxylation is 1. The minimum absolute atomic E-state index is 0.243. The van der Waals surface area contributed by atoms with Crippen molar-refractivity contribution in [2.24, 2.45) is 0 Å². The Morgan fingerprint density at radius 2 is 1.54 bits per heavy atom. The van der Waals surface area contributed by atoms with Gasteiger partial charge in [0.05, 0.1) is 18.8 Å². The van der Waals surface area contributed by atoms with Gasteiger partial charge in [0.15, 0.2) is 0 Å². The monoisotopic (exact) mass is 346 g/mol. The molecule has 132 valence electrons. The maximum Gasteiger partial charge on any atom is 0.320 e. The predicted molar refractivity (Wildman–Crippen MR) is 105 cm³/mol. The first-order chi connectivity index (χ1) is 12.7. The number of urea groups is 1. The lowest BCUT2D eigenvalue weighted by Crippen LogP contribution is -2.33. The number of para-hydroxylation sites is 2. The van der Waals surface area contributed by atoms with Crippen LogP contribution in [0.25, 0.3) is 0 Å². The smallest absolute Gasteiger partial charge is 0.320 e. The highest BCUT2D eigenvalue weighted by Crippen LogP contribution is 2.26. The Kier molecular flexibility index (Phi) is 5.54. The van der Waals surface area contributed by atoms with Crippen LogP contribution in [0.4, 0.5) is 10.5 Å². The Hall–Kier alpha value is -3.27. The van der Waals surface area contributed by atoms with Gasteiger partial charge in [-0.1, -0.05) is 66.7 Å². The summed E-state index contributed by atoms with van der Waals surface area (Å²) in [7, 11) is 1.58. The van der Waals surface area contributed by atoms with E-state index in [4.69, 9.17) is 4.74 Å². The van der Waals surface area contributed by atoms with Crippen LogP contribution in [-0.4, -0.2) is 13.1 Å². The number of amides is 2. The lowest BCUT2D eigenvalue weighted by Gasteiger charge is -2.22. The Bertz CT molecular complexity index is 878. The fraction of sp³-hybridized carbons (Fsp3) is 0.136. The van der Waals surface area contributed by atoms with Crippen molar-refractivity contribution in [3.8, 4) is 5.75 Å². The second-order valence-electron chi connectivity index (χ2n) is 6.00. The summed E-state index contributed by atoms with van der Waals surface area (Å²) in [5.74, 6) is 0.620. The van der Waals surface area contributed by atoms with Gasteiger partial charge in [0.25, 0.3) is 0 Å². The van der Waals surface area contributed by atoms with Crippen molar-refractivity contribution in [2.75, 3.05) is 12.4 Å². The van der Waals surface area contributed by atoms with Crippen LogP contribution in [0.5, 0.6) is 5.75 Å². The second-order valence-corrected chi connectivity index (χ2v) is 6.00. The molecular weight excluding hydrogens is 324 g/mol. The van der Waals surface area contributed by atoms with Crippen LogP contribution in [0, 0.1) is 6.92 Å². The van der Waals surface area contributed by atoms with Crippen molar-refractivity contribution in [3.63, 3.8) is 0 Å². The Labute approximate surface area is 153 Å². The molecule has 0 aliphatic carbocycles. The quantitative estimate of drug-likeness (QED) is 0.689. The number of nitrogens with one attached hydrogen (secondary N) is 2. The second kappa shape index (κ2) is 8.21. The van der Waals surface area contributed by atoms with Gasteiger partial charge in [-0.15, -0.1) is 0 Å². The number of anilines is 1. The number of carbonyl (C=O) groups excluding carboxylic acids is 1. The summed E-state index contributed by atoms with van der Waals surface area (Å²) >= 11 is 0. The van der Waals surface area contributed by atoms with Crippen LogP contribution in [0.1, 0.15) is 22.7 Å². The van der Waals surface area contributed by atoms with Crippen molar-refractivity contribution in [3.05, 3.63) is 95.6 Å². The fourth-order valence-electron chi connectivity index (χ4n) is 2.93. The standard InChI is InChI=1S/C22H22N2O2/c1-16-10-6-7-13-18(16)21(17-11-4-3-5-12-17)24-22(25)23-19-14-8-9-15-20(19)26-2/h3-15,21H,1-2H3,(H2,23,24,25)/t21-/m0/s1. The summed E-state index contributed by atoms with van der Waals surface area (Å²) < 4.78 is 5.30. The molecule has 0 unspecified atom stereocenters. The molecule has 0 heterocycles. The molecule has 0 bridgehead atoms. The van der Waals surface area contributed by atoms with Crippen LogP contribution in [0.15, 0.2) is 78.9 Å². The van der Waals surface area contributed by atoms with Gasteiger partial charge in [-0.05, 0) is 35.7 Å². The average Bonchev–Trinajstić information content (AvgIpc) is 2.68. The van der Waals surface area contributed by atoms with Gasteiger partial charge in [-0.2, -0.15) is 0 Å². The number of hydrogen-bond acceptors (Lipinski definition) is 2. The summed E-state index contributed by atoms with van der Waals surface area (Å²) in [5, 5.41) is 5.96. The highest BCUT2D eigenvalue weighted by atomic mass is 16.5. The van der Waals surface area contributed by atoms with Crippen molar-refractivity contribution in [1.82, 2.24) is 5.32 Å². The number of benzene rings is 3. The molecule has 3 aromatic carbocycles. The third-order valence-corrected chi connectivity index (χ3v) is 4.26. The van der Waals surface area contributed by atoms with Crippen molar-refractivity contribution < 1.29 is 9.53 Å². The molecule has 26 heavy (non-hydrogen) atoms. The van der Waals surface area contributed by atoms with E-state index in [1.54, 1.807) is 7.11 Å². The molecule has 0 aliphatic heterocycles. The van der Waals surface area contributed by atoms with Crippen LogP contribution in [-0.2, 0) is 0 Å². The number of hydrogen-bond donors (Lipinski definition) is 2. The van der Waals surface area contributed by atoms with Crippen LogP contribution in [0.3, 0.4) is 0 Å². The van der Waals surface area contributed by atoms with Gasteiger partial charge in [0, 0.05) is 0 Å². The first kappa shape index (κ1) is 17.5. The van der Waals surface area contributed by atoms with E-state index < -0.39 is 0 Å². The van der Waals surface area contributed by atoms with Crippen molar-refractivity contribution >= 4 is 11.7 Å². The Morgan fingerprint density at radius 1 is 0.885 bits per heavy atom. The predicted octanol–water partition coefficient (Wildman–Crippen LogP) is 4.91. The molecule has 0 saturated heterocycles. The van der Waals surface area contributed by atoms with Gasteiger partial charge in [0.2, 0.25) is 0 Å². The molecule has 2 N–H and O–H groups in total. The van der Waals surface area contributed by atoms with E-state index in [-0.39, 0.29) is 12.1 Å². The molecule has 4 heteroatoms. The van der Waals surface area contributed by atoms with Crippen LogP contribution >= 0.6 is 0 Å². The maximum absolute atomic E-state index is 12.7. The zero-order valence-electron chi connectivity index (χ0n) is 14.9. The number of carbonyl (C=O) groups is 1. The highest BCUT2D eigenvalue weighted by molar-refractivity contribution is 5.91. The van der Waals surface area contributed by atoms with Crippen molar-refractivity contribution in [1.29, 1.82) is 0 Å². The Balaban J connectivity index is 1.86. The maximum atomic E-state index is 12.7. The molecule has 0 spiro atoms. The zero-order chi connectivity index (χ0) is 18.4.